The van der Waals surface area contributed by atoms with Crippen LogP contribution in [0.4, 0.5) is 0 Å². The quantitative estimate of drug-likeness (QED) is 0.353. The van der Waals surface area contributed by atoms with E-state index in [0.717, 1.165) is 24.6 Å². The molecule has 3 aromatic rings. The predicted octanol–water partition coefficient (Wildman–Crippen LogP) is 3.33. The number of fused-ring (bicyclic) bond motifs is 1. The first-order valence-corrected chi connectivity index (χ1v) is 8.06. The molecular weight excluding hydrogens is 429 g/mol. The van der Waals surface area contributed by atoms with Crippen molar-refractivity contribution in [2.45, 2.75) is 19.9 Å². The highest BCUT2D eigenvalue weighted by Crippen LogP contribution is 2.21. The van der Waals surface area contributed by atoms with Crippen LogP contribution < -0.4 is 5.32 Å². The number of aryl methyl sites for hydroxylation is 1. The number of benzene rings is 1. The lowest BCUT2D eigenvalue weighted by Crippen LogP contribution is -2.39. The maximum absolute atomic E-state index is 4.87. The predicted molar refractivity (Wildman–Crippen MR) is 111 cm³/mol. The highest BCUT2D eigenvalue weighted by Gasteiger charge is 2.10. The van der Waals surface area contributed by atoms with Gasteiger partial charge in [0.25, 0.3) is 0 Å². The van der Waals surface area contributed by atoms with Gasteiger partial charge >= 0.3 is 0 Å². The molecule has 2 N–H and O–H groups in total. The number of nitrogens with zero attached hydrogens (tertiary/aromatic N) is 3. The molecule has 0 aliphatic rings. The molecule has 0 atom stereocenters. The molecule has 2 heterocycles. The van der Waals surface area contributed by atoms with Crippen LogP contribution in [0, 0.1) is 6.92 Å². The minimum absolute atomic E-state index is 0. The molecule has 0 saturated heterocycles. The van der Waals surface area contributed by atoms with Gasteiger partial charge in [0.1, 0.15) is 12.0 Å². The average molecular weight is 453 g/mol. The molecule has 134 valence electrons. The van der Waals surface area contributed by atoms with Gasteiger partial charge in [0.2, 0.25) is 0 Å². The number of halogens is 1. The Kier molecular flexibility index (Phi) is 6.86. The van der Waals surface area contributed by atoms with Crippen LogP contribution in [0.2, 0.25) is 0 Å². The molecule has 3 rings (SSSR count). The Morgan fingerprint density at radius 3 is 2.84 bits per heavy atom. The Balaban J connectivity index is 0.00000225. The number of aromatic amines is 1. The van der Waals surface area contributed by atoms with Gasteiger partial charge in [0.05, 0.1) is 6.54 Å². The minimum atomic E-state index is 0. The lowest BCUT2D eigenvalue weighted by atomic mass is 10.1. The van der Waals surface area contributed by atoms with E-state index in [2.05, 4.69) is 51.6 Å². The van der Waals surface area contributed by atoms with E-state index in [1.165, 1.54) is 22.2 Å². The molecule has 25 heavy (non-hydrogen) atoms. The fourth-order valence-electron chi connectivity index (χ4n) is 2.98. The van der Waals surface area contributed by atoms with Gasteiger partial charge in [-0.15, -0.1) is 24.0 Å². The number of nitrogens with one attached hydrogen (secondary N) is 2. The van der Waals surface area contributed by atoms with Gasteiger partial charge in [0.15, 0.2) is 5.96 Å². The molecule has 0 unspecified atom stereocenters. The zero-order valence-electron chi connectivity index (χ0n) is 14.7. The summed E-state index contributed by atoms with van der Waals surface area (Å²) in [5.74, 6) is 0.843. The van der Waals surface area contributed by atoms with Gasteiger partial charge in [0, 0.05) is 43.3 Å². The lowest BCUT2D eigenvalue weighted by Gasteiger charge is -2.21. The molecular formula is C18H24IN5O. The molecule has 0 spiro atoms. The second-order valence-corrected chi connectivity index (χ2v) is 5.84. The summed E-state index contributed by atoms with van der Waals surface area (Å²) >= 11 is 0. The maximum atomic E-state index is 4.87. The molecule has 1 aromatic carbocycles. The van der Waals surface area contributed by atoms with Gasteiger partial charge in [-0.25, -0.2) is 0 Å². The molecule has 6 nitrogen and oxygen atoms in total. The van der Waals surface area contributed by atoms with E-state index in [9.17, 15) is 0 Å². The lowest BCUT2D eigenvalue weighted by molar-refractivity contribution is 0.391. The number of hydrogen-bond acceptors (Lipinski definition) is 3. The number of rotatable bonds is 5. The van der Waals surface area contributed by atoms with E-state index in [1.54, 1.807) is 13.3 Å². The van der Waals surface area contributed by atoms with Crippen LogP contribution in [0.15, 0.2) is 46.1 Å². The van der Waals surface area contributed by atoms with Crippen LogP contribution in [0.5, 0.6) is 0 Å². The van der Waals surface area contributed by atoms with E-state index in [-0.39, 0.29) is 24.0 Å². The molecule has 0 aliphatic heterocycles. The third-order valence-corrected chi connectivity index (χ3v) is 4.15. The second-order valence-electron chi connectivity index (χ2n) is 5.84. The van der Waals surface area contributed by atoms with Crippen LogP contribution in [-0.4, -0.2) is 41.6 Å². The zero-order chi connectivity index (χ0) is 16.9. The third kappa shape index (κ3) is 4.53. The fourth-order valence-corrected chi connectivity index (χ4v) is 2.98. The Bertz CT molecular complexity index is 825. The van der Waals surface area contributed by atoms with Crippen LogP contribution in [0.1, 0.15) is 17.0 Å². The topological polar surface area (TPSA) is 69.5 Å². The van der Waals surface area contributed by atoms with Crippen molar-refractivity contribution >= 4 is 40.8 Å². The normalized spacial score (nSPS) is 11.4. The van der Waals surface area contributed by atoms with Crippen molar-refractivity contribution in [3.8, 4) is 0 Å². The SMILES string of the molecule is CN=C(NCCc1c(C)[nH]c2ccccc12)N(C)Cc1ccon1.I. The van der Waals surface area contributed by atoms with Gasteiger partial charge in [-0.1, -0.05) is 23.4 Å². The average Bonchev–Trinajstić information content (AvgIpc) is 3.19. The monoisotopic (exact) mass is 453 g/mol. The van der Waals surface area contributed by atoms with Crippen LogP contribution in [0.25, 0.3) is 10.9 Å². The summed E-state index contributed by atoms with van der Waals surface area (Å²) in [6.45, 7) is 3.60. The summed E-state index contributed by atoms with van der Waals surface area (Å²) in [5.41, 5.74) is 4.65. The van der Waals surface area contributed by atoms with E-state index in [1.807, 2.05) is 18.0 Å². The minimum Gasteiger partial charge on any atom is -0.364 e. The molecule has 7 heteroatoms. The third-order valence-electron chi connectivity index (χ3n) is 4.15. The summed E-state index contributed by atoms with van der Waals surface area (Å²) in [7, 11) is 3.78. The van der Waals surface area contributed by atoms with Gasteiger partial charge < -0.3 is 19.7 Å². The van der Waals surface area contributed by atoms with Crippen molar-refractivity contribution < 1.29 is 4.52 Å². The summed E-state index contributed by atoms with van der Waals surface area (Å²) in [6, 6.07) is 10.3. The first-order valence-electron chi connectivity index (χ1n) is 8.06. The van der Waals surface area contributed by atoms with Crippen molar-refractivity contribution in [1.29, 1.82) is 0 Å². The Labute approximate surface area is 164 Å². The van der Waals surface area contributed by atoms with Crippen LogP contribution >= 0.6 is 24.0 Å². The van der Waals surface area contributed by atoms with Crippen molar-refractivity contribution in [2.24, 2.45) is 4.99 Å². The first-order chi connectivity index (χ1) is 11.7. The highest BCUT2D eigenvalue weighted by atomic mass is 127. The van der Waals surface area contributed by atoms with Crippen LogP contribution in [0.3, 0.4) is 0 Å². The number of aliphatic imine (C=N–C) groups is 1. The summed E-state index contributed by atoms with van der Waals surface area (Å²) in [4.78, 5) is 9.81. The first kappa shape index (κ1) is 19.3. The molecule has 0 fully saturated rings. The number of H-pyrrole nitrogens is 1. The summed E-state index contributed by atoms with van der Waals surface area (Å²) in [6.07, 6.45) is 2.52. The fraction of sp³-hybridized carbons (Fsp3) is 0.333. The van der Waals surface area contributed by atoms with Gasteiger partial charge in [-0.3, -0.25) is 4.99 Å². The van der Waals surface area contributed by atoms with Crippen LogP contribution in [-0.2, 0) is 13.0 Å². The second kappa shape index (κ2) is 8.89. The molecule has 0 saturated carbocycles. The van der Waals surface area contributed by atoms with Crippen molar-refractivity contribution in [1.82, 2.24) is 20.4 Å². The zero-order valence-corrected chi connectivity index (χ0v) is 17.1. The van der Waals surface area contributed by atoms with Crippen molar-refractivity contribution in [3.05, 3.63) is 53.5 Å². The summed E-state index contributed by atoms with van der Waals surface area (Å²) in [5, 5.41) is 8.65. The Morgan fingerprint density at radius 2 is 2.12 bits per heavy atom. The Morgan fingerprint density at radius 1 is 1.32 bits per heavy atom. The van der Waals surface area contributed by atoms with E-state index >= 15 is 0 Å². The van der Waals surface area contributed by atoms with E-state index in [0.29, 0.717) is 6.54 Å². The van der Waals surface area contributed by atoms with Gasteiger partial charge in [-0.05, 0) is 25.0 Å². The Hall–Kier alpha value is -2.03. The van der Waals surface area contributed by atoms with Crippen molar-refractivity contribution in [3.63, 3.8) is 0 Å². The molecule has 0 bridgehead atoms. The summed E-state index contributed by atoms with van der Waals surface area (Å²) < 4.78 is 4.87. The molecule has 0 radical (unpaired) electrons. The molecule has 0 aliphatic carbocycles. The number of para-hydroxylation sites is 1. The number of guanidine groups is 1. The number of aromatic nitrogens is 2. The van der Waals surface area contributed by atoms with E-state index < -0.39 is 0 Å². The smallest absolute Gasteiger partial charge is 0.193 e. The largest absolute Gasteiger partial charge is 0.364 e. The molecule has 2 aromatic heterocycles. The maximum Gasteiger partial charge on any atom is 0.193 e. The van der Waals surface area contributed by atoms with Gasteiger partial charge in [-0.2, -0.15) is 0 Å². The van der Waals surface area contributed by atoms with Crippen molar-refractivity contribution in [2.75, 3.05) is 20.6 Å². The molecule has 0 amide bonds. The van der Waals surface area contributed by atoms with E-state index in [4.69, 9.17) is 4.52 Å². The number of hydrogen-bond donors (Lipinski definition) is 2. The highest BCUT2D eigenvalue weighted by molar-refractivity contribution is 14.0. The standard InChI is InChI=1S/C18H23N5O.HI/c1-13-15(16-6-4-5-7-17(16)21-13)8-10-20-18(19-2)23(3)12-14-9-11-24-22-14;/h4-7,9,11,21H,8,10,12H2,1-3H3,(H,19,20);1H.